The number of hydrogen-bond acceptors (Lipinski definition) is 4. The van der Waals surface area contributed by atoms with Gasteiger partial charge in [-0.25, -0.2) is 0 Å². The van der Waals surface area contributed by atoms with Crippen molar-refractivity contribution in [2.75, 3.05) is 11.1 Å². The maximum absolute atomic E-state index is 8.70. The maximum atomic E-state index is 8.70. The van der Waals surface area contributed by atoms with Gasteiger partial charge in [-0.05, 0) is 30.3 Å². The molecule has 0 saturated heterocycles. The highest BCUT2D eigenvalue weighted by atomic mass is 35.5. The van der Waals surface area contributed by atoms with E-state index in [9.17, 15) is 0 Å². The zero-order chi connectivity index (χ0) is 11.5. The van der Waals surface area contributed by atoms with Gasteiger partial charge < -0.3 is 11.1 Å². The lowest BCUT2D eigenvalue weighted by Crippen LogP contribution is -1.95. The average Bonchev–Trinajstić information content (AvgIpc) is 2.67. The van der Waals surface area contributed by atoms with Gasteiger partial charge in [0, 0.05) is 0 Å². The lowest BCUT2D eigenvalue weighted by molar-refractivity contribution is 1.48. The van der Waals surface area contributed by atoms with Crippen LogP contribution in [0.25, 0.3) is 0 Å². The van der Waals surface area contributed by atoms with Gasteiger partial charge in [-0.2, -0.15) is 5.26 Å². The monoisotopic (exact) mass is 249 g/mol. The van der Waals surface area contributed by atoms with Crippen molar-refractivity contribution in [3.05, 3.63) is 40.2 Å². The molecule has 0 atom stereocenters. The van der Waals surface area contributed by atoms with Crippen molar-refractivity contribution in [2.45, 2.75) is 0 Å². The van der Waals surface area contributed by atoms with E-state index in [-0.39, 0.29) is 0 Å². The Kier molecular flexibility index (Phi) is 3.00. The van der Waals surface area contributed by atoms with Gasteiger partial charge >= 0.3 is 0 Å². The topological polar surface area (TPSA) is 61.8 Å². The number of hydrogen-bond donors (Lipinski definition) is 2. The van der Waals surface area contributed by atoms with Crippen LogP contribution in [0.4, 0.5) is 16.4 Å². The molecule has 0 saturated carbocycles. The van der Waals surface area contributed by atoms with Crippen molar-refractivity contribution in [1.29, 1.82) is 5.26 Å². The molecule has 0 bridgehead atoms. The molecule has 0 aliphatic rings. The lowest BCUT2D eigenvalue weighted by Gasteiger charge is -2.06. The number of nitrogen functional groups attached to an aromatic ring is 1. The summed E-state index contributed by atoms with van der Waals surface area (Å²) in [6, 6.07) is 10.9. The first-order valence-corrected chi connectivity index (χ1v) is 5.70. The van der Waals surface area contributed by atoms with E-state index >= 15 is 0 Å². The quantitative estimate of drug-likeness (QED) is 0.800. The van der Waals surface area contributed by atoms with Crippen molar-refractivity contribution < 1.29 is 0 Å². The van der Waals surface area contributed by atoms with E-state index in [1.54, 1.807) is 18.2 Å². The fourth-order valence-corrected chi connectivity index (χ4v) is 2.22. The maximum Gasteiger partial charge on any atom is 0.0992 e. The van der Waals surface area contributed by atoms with Crippen LogP contribution < -0.4 is 11.1 Å². The van der Waals surface area contributed by atoms with E-state index in [1.165, 1.54) is 11.3 Å². The molecule has 16 heavy (non-hydrogen) atoms. The fraction of sp³-hybridized carbons (Fsp3) is 0. The molecule has 3 N–H and O–H groups in total. The molecule has 0 spiro atoms. The van der Waals surface area contributed by atoms with E-state index < -0.39 is 0 Å². The Labute approximate surface area is 102 Å². The Morgan fingerprint density at radius 1 is 1.31 bits per heavy atom. The number of nitrogens with zero attached hydrogens (tertiary/aromatic N) is 1. The van der Waals surface area contributed by atoms with Crippen molar-refractivity contribution >= 4 is 39.3 Å². The second kappa shape index (κ2) is 4.44. The first-order chi connectivity index (χ1) is 7.69. The van der Waals surface area contributed by atoms with E-state index in [1.807, 2.05) is 18.2 Å². The number of anilines is 3. The normalized spacial score (nSPS) is 9.75. The molecular weight excluding hydrogens is 242 g/mol. The smallest absolute Gasteiger partial charge is 0.0992 e. The summed E-state index contributed by atoms with van der Waals surface area (Å²) in [7, 11) is 0. The predicted molar refractivity (Wildman–Crippen MR) is 68.2 cm³/mol. The zero-order valence-corrected chi connectivity index (χ0v) is 9.77. The van der Waals surface area contributed by atoms with Crippen LogP contribution in [0.5, 0.6) is 0 Å². The molecular formula is C11H8ClN3S. The highest BCUT2D eigenvalue weighted by Crippen LogP contribution is 2.31. The van der Waals surface area contributed by atoms with Gasteiger partial charge in [-0.15, -0.1) is 11.3 Å². The van der Waals surface area contributed by atoms with Crippen LogP contribution in [0.15, 0.2) is 30.3 Å². The number of nitrogens with one attached hydrogen (secondary N) is 1. The van der Waals surface area contributed by atoms with Gasteiger partial charge in [0.2, 0.25) is 0 Å². The molecule has 5 heteroatoms. The fourth-order valence-electron chi connectivity index (χ4n) is 1.26. The van der Waals surface area contributed by atoms with Gasteiger partial charge in [-0.1, -0.05) is 11.6 Å². The summed E-state index contributed by atoms with van der Waals surface area (Å²) in [5.74, 6) is 0. The zero-order valence-electron chi connectivity index (χ0n) is 8.20. The first kappa shape index (κ1) is 10.8. The Bertz CT molecular complexity index is 557. The summed E-state index contributed by atoms with van der Waals surface area (Å²) in [4.78, 5) is 0. The second-order valence-corrected chi connectivity index (χ2v) is 4.86. The lowest BCUT2D eigenvalue weighted by atomic mass is 10.2. The third-order valence-corrected chi connectivity index (χ3v) is 3.16. The van der Waals surface area contributed by atoms with Gasteiger partial charge in [0.1, 0.15) is 0 Å². The SMILES string of the molecule is N#Cc1ccc(Nc2ccc(Cl)s2)c(N)c1. The van der Waals surface area contributed by atoms with E-state index in [0.717, 1.165) is 15.0 Å². The number of benzene rings is 1. The molecule has 0 amide bonds. The van der Waals surface area contributed by atoms with Crippen molar-refractivity contribution in [1.82, 2.24) is 0 Å². The molecule has 1 aromatic heterocycles. The van der Waals surface area contributed by atoms with E-state index in [2.05, 4.69) is 5.32 Å². The number of halogens is 1. The minimum absolute atomic E-state index is 0.545. The van der Waals surface area contributed by atoms with Crippen LogP contribution in [0.2, 0.25) is 4.34 Å². The Balaban J connectivity index is 2.26. The summed E-state index contributed by atoms with van der Waals surface area (Å²) in [5, 5.41) is 12.8. The van der Waals surface area contributed by atoms with E-state index in [4.69, 9.17) is 22.6 Å². The third kappa shape index (κ3) is 2.27. The molecule has 80 valence electrons. The van der Waals surface area contributed by atoms with Crippen molar-refractivity contribution in [2.24, 2.45) is 0 Å². The Morgan fingerprint density at radius 3 is 2.69 bits per heavy atom. The molecule has 0 fully saturated rings. The van der Waals surface area contributed by atoms with Gasteiger partial charge in [0.15, 0.2) is 0 Å². The van der Waals surface area contributed by atoms with Crippen LogP contribution in [-0.2, 0) is 0 Å². The number of nitrogens with two attached hydrogens (primary N) is 1. The van der Waals surface area contributed by atoms with Crippen LogP contribution in [0.1, 0.15) is 5.56 Å². The number of nitriles is 1. The summed E-state index contributed by atoms with van der Waals surface area (Å²) < 4.78 is 0.717. The summed E-state index contributed by atoms with van der Waals surface area (Å²) in [6.07, 6.45) is 0. The third-order valence-electron chi connectivity index (χ3n) is 2.01. The Hall–Kier alpha value is -1.70. The van der Waals surface area contributed by atoms with Crippen LogP contribution >= 0.6 is 22.9 Å². The van der Waals surface area contributed by atoms with E-state index in [0.29, 0.717) is 11.3 Å². The second-order valence-electron chi connectivity index (χ2n) is 3.14. The standard InChI is InChI=1S/C11H8ClN3S/c12-10-3-4-11(16-10)15-9-2-1-7(6-13)5-8(9)14/h1-5,15H,14H2. The molecule has 1 heterocycles. The molecule has 0 aliphatic carbocycles. The molecule has 2 aromatic rings. The van der Waals surface area contributed by atoms with Crippen molar-refractivity contribution in [3.63, 3.8) is 0 Å². The van der Waals surface area contributed by atoms with Crippen LogP contribution in [0.3, 0.4) is 0 Å². The molecule has 2 rings (SSSR count). The van der Waals surface area contributed by atoms with Gasteiger partial charge in [-0.3, -0.25) is 0 Å². The molecule has 0 unspecified atom stereocenters. The minimum Gasteiger partial charge on any atom is -0.397 e. The summed E-state index contributed by atoms with van der Waals surface area (Å²) in [6.45, 7) is 0. The largest absolute Gasteiger partial charge is 0.397 e. The summed E-state index contributed by atoms with van der Waals surface area (Å²) in [5.41, 5.74) is 7.68. The Morgan fingerprint density at radius 2 is 2.12 bits per heavy atom. The van der Waals surface area contributed by atoms with Crippen LogP contribution in [0, 0.1) is 11.3 Å². The molecule has 0 radical (unpaired) electrons. The molecule has 3 nitrogen and oxygen atoms in total. The highest BCUT2D eigenvalue weighted by Gasteiger charge is 2.03. The first-order valence-electron chi connectivity index (χ1n) is 4.51. The highest BCUT2D eigenvalue weighted by molar-refractivity contribution is 7.19. The molecule has 1 aromatic carbocycles. The van der Waals surface area contributed by atoms with Gasteiger partial charge in [0.05, 0.1) is 32.3 Å². The number of thiophene rings is 1. The summed E-state index contributed by atoms with van der Waals surface area (Å²) >= 11 is 7.25. The predicted octanol–water partition coefficient (Wildman–Crippen LogP) is 3.60. The average molecular weight is 250 g/mol. The van der Waals surface area contributed by atoms with Crippen molar-refractivity contribution in [3.8, 4) is 6.07 Å². The van der Waals surface area contributed by atoms with Gasteiger partial charge in [0.25, 0.3) is 0 Å². The minimum atomic E-state index is 0.545. The molecule has 0 aliphatic heterocycles. The number of rotatable bonds is 2. The van der Waals surface area contributed by atoms with Crippen LogP contribution in [-0.4, -0.2) is 0 Å².